The van der Waals surface area contributed by atoms with Gasteiger partial charge in [-0.2, -0.15) is 0 Å². The molecule has 24 heavy (non-hydrogen) atoms. The Balaban J connectivity index is 0.00000264. The van der Waals surface area contributed by atoms with E-state index in [2.05, 4.69) is 4.90 Å². The first-order valence-electron chi connectivity index (χ1n) is 8.52. The highest BCUT2D eigenvalue weighted by atomic mass is 35.5. The van der Waals surface area contributed by atoms with Gasteiger partial charge in [0.1, 0.15) is 5.54 Å². The lowest BCUT2D eigenvalue weighted by Gasteiger charge is -2.42. The van der Waals surface area contributed by atoms with E-state index in [-0.39, 0.29) is 36.6 Å². The molecule has 1 saturated carbocycles. The van der Waals surface area contributed by atoms with Crippen LogP contribution in [0, 0.1) is 11.8 Å². The molecule has 2 rings (SSSR count). The number of hydrogen-bond acceptors (Lipinski definition) is 5. The van der Waals surface area contributed by atoms with Gasteiger partial charge in [-0.05, 0) is 69.9 Å². The van der Waals surface area contributed by atoms with Crippen LogP contribution in [-0.2, 0) is 4.79 Å². The average Bonchev–Trinajstić information content (AvgIpc) is 2.97. The average molecular weight is 385 g/mol. The fourth-order valence-corrected chi connectivity index (χ4v) is 4.08. The number of rotatable bonds is 7. The number of aliphatic carboxylic acids is 1. The van der Waals surface area contributed by atoms with Crippen molar-refractivity contribution < 1.29 is 19.9 Å². The predicted molar refractivity (Wildman–Crippen MR) is 99.8 cm³/mol. The molecule has 0 bridgehead atoms. The van der Waals surface area contributed by atoms with Crippen LogP contribution >= 0.6 is 24.8 Å². The second-order valence-corrected chi connectivity index (χ2v) is 7.09. The van der Waals surface area contributed by atoms with Crippen LogP contribution in [0.2, 0.25) is 6.32 Å². The van der Waals surface area contributed by atoms with E-state index in [4.69, 9.17) is 15.8 Å². The van der Waals surface area contributed by atoms with Crippen LogP contribution in [0.1, 0.15) is 44.9 Å². The molecule has 5 N–H and O–H groups in total. The number of nitrogens with zero attached hydrogens (tertiary/aromatic N) is 1. The van der Waals surface area contributed by atoms with Gasteiger partial charge in [0.2, 0.25) is 0 Å². The van der Waals surface area contributed by atoms with E-state index in [0.717, 1.165) is 38.9 Å². The Morgan fingerprint density at radius 2 is 1.79 bits per heavy atom. The Morgan fingerprint density at radius 3 is 2.33 bits per heavy atom. The quantitative estimate of drug-likeness (QED) is 0.494. The standard InChI is InChI=1S/C15H29BN2O4.2ClH/c17-15(14(19)20)11-12(5-7-16(21)22)3-4-13(15)6-10-18-8-1-2-9-18;;/h12-13,21-22H,1-11,17H2,(H,19,20);2*1H. The molecule has 2 aliphatic rings. The largest absolute Gasteiger partial charge is 0.480 e. The van der Waals surface area contributed by atoms with Gasteiger partial charge < -0.3 is 25.8 Å². The van der Waals surface area contributed by atoms with Gasteiger partial charge in [-0.25, -0.2) is 0 Å². The summed E-state index contributed by atoms with van der Waals surface area (Å²) < 4.78 is 0. The van der Waals surface area contributed by atoms with Gasteiger partial charge >= 0.3 is 13.1 Å². The second kappa shape index (κ2) is 10.8. The summed E-state index contributed by atoms with van der Waals surface area (Å²) in [5.41, 5.74) is 5.12. The monoisotopic (exact) mass is 384 g/mol. The fraction of sp³-hybridized carbons (Fsp3) is 0.933. The molecule has 9 heteroatoms. The minimum absolute atomic E-state index is 0. The summed E-state index contributed by atoms with van der Waals surface area (Å²) in [5, 5.41) is 27.6. The van der Waals surface area contributed by atoms with Crippen molar-refractivity contribution in [1.29, 1.82) is 0 Å². The molecule has 1 heterocycles. The Kier molecular flexibility index (Phi) is 10.8. The summed E-state index contributed by atoms with van der Waals surface area (Å²) in [6, 6.07) is 0. The SMILES string of the molecule is Cl.Cl.NC1(C(=O)O)CC(CCB(O)O)CCC1CCN1CCCC1. The summed E-state index contributed by atoms with van der Waals surface area (Å²) in [7, 11) is -1.31. The molecule has 0 aromatic heterocycles. The number of halogens is 2. The van der Waals surface area contributed by atoms with Crippen molar-refractivity contribution in [1.82, 2.24) is 4.90 Å². The van der Waals surface area contributed by atoms with Crippen LogP contribution in [0.15, 0.2) is 0 Å². The molecule has 3 unspecified atom stereocenters. The van der Waals surface area contributed by atoms with Crippen LogP contribution in [-0.4, -0.2) is 58.3 Å². The normalized spacial score (nSPS) is 30.3. The molecule has 0 radical (unpaired) electrons. The maximum absolute atomic E-state index is 11.7. The lowest BCUT2D eigenvalue weighted by molar-refractivity contribution is -0.148. The Bertz CT molecular complexity index is 386. The van der Waals surface area contributed by atoms with Crippen LogP contribution in [0.25, 0.3) is 0 Å². The third-order valence-electron chi connectivity index (χ3n) is 5.50. The summed E-state index contributed by atoms with van der Waals surface area (Å²) in [6.07, 6.45) is 6.44. The lowest BCUT2D eigenvalue weighted by atomic mass is 9.65. The van der Waals surface area contributed by atoms with Gasteiger partial charge in [0.25, 0.3) is 0 Å². The number of carbonyl (C=O) groups is 1. The number of nitrogens with two attached hydrogens (primary N) is 1. The maximum atomic E-state index is 11.7. The molecule has 6 nitrogen and oxygen atoms in total. The van der Waals surface area contributed by atoms with Crippen molar-refractivity contribution >= 4 is 37.9 Å². The topological polar surface area (TPSA) is 107 Å². The first kappa shape index (κ1) is 24.0. The van der Waals surface area contributed by atoms with Crippen molar-refractivity contribution in [3.05, 3.63) is 0 Å². The third kappa shape index (κ3) is 6.35. The molecule has 3 atom stereocenters. The molecular weight excluding hydrogens is 354 g/mol. The Labute approximate surface area is 157 Å². The molecule has 1 aliphatic carbocycles. The zero-order chi connectivity index (χ0) is 16.2. The minimum atomic E-state index is -1.31. The van der Waals surface area contributed by atoms with E-state index in [9.17, 15) is 9.90 Å². The van der Waals surface area contributed by atoms with Gasteiger partial charge in [-0.3, -0.25) is 4.79 Å². The third-order valence-corrected chi connectivity index (χ3v) is 5.50. The van der Waals surface area contributed by atoms with Crippen molar-refractivity contribution in [2.75, 3.05) is 19.6 Å². The Hall–Kier alpha value is -0.0451. The van der Waals surface area contributed by atoms with Crippen LogP contribution in [0.4, 0.5) is 0 Å². The summed E-state index contributed by atoms with van der Waals surface area (Å²) >= 11 is 0. The molecular formula is C15H31BCl2N2O4. The van der Waals surface area contributed by atoms with Crippen molar-refractivity contribution in [3.8, 4) is 0 Å². The second-order valence-electron chi connectivity index (χ2n) is 7.09. The number of likely N-dealkylation sites (tertiary alicyclic amines) is 1. The fourth-order valence-electron chi connectivity index (χ4n) is 4.08. The number of carboxylic acid groups (broad SMARTS) is 1. The number of hydrogen-bond donors (Lipinski definition) is 4. The highest BCUT2D eigenvalue weighted by Crippen LogP contribution is 2.40. The zero-order valence-electron chi connectivity index (χ0n) is 14.1. The van der Waals surface area contributed by atoms with Gasteiger partial charge in [-0.15, -0.1) is 24.8 Å². The molecule has 0 amide bonds. The summed E-state index contributed by atoms with van der Waals surface area (Å²) in [5.74, 6) is -0.722. The molecule has 142 valence electrons. The van der Waals surface area contributed by atoms with Crippen LogP contribution < -0.4 is 5.73 Å². The molecule has 0 aromatic carbocycles. The lowest BCUT2D eigenvalue weighted by Crippen LogP contribution is -2.58. The van der Waals surface area contributed by atoms with Crippen LogP contribution in [0.3, 0.4) is 0 Å². The summed E-state index contributed by atoms with van der Waals surface area (Å²) in [6.45, 7) is 3.18. The highest BCUT2D eigenvalue weighted by molar-refractivity contribution is 6.40. The molecule has 0 spiro atoms. The first-order chi connectivity index (χ1) is 10.4. The molecule has 2 fully saturated rings. The van der Waals surface area contributed by atoms with E-state index in [1.165, 1.54) is 12.8 Å². The van der Waals surface area contributed by atoms with Crippen molar-refractivity contribution in [2.24, 2.45) is 17.6 Å². The minimum Gasteiger partial charge on any atom is -0.480 e. The molecule has 1 saturated heterocycles. The van der Waals surface area contributed by atoms with Gasteiger partial charge in [0.05, 0.1) is 0 Å². The van der Waals surface area contributed by atoms with Crippen LogP contribution in [0.5, 0.6) is 0 Å². The summed E-state index contributed by atoms with van der Waals surface area (Å²) in [4.78, 5) is 14.1. The predicted octanol–water partition coefficient (Wildman–Crippen LogP) is 1.38. The van der Waals surface area contributed by atoms with E-state index in [1.807, 2.05) is 0 Å². The van der Waals surface area contributed by atoms with E-state index in [0.29, 0.717) is 19.2 Å². The highest BCUT2D eigenvalue weighted by Gasteiger charge is 2.46. The maximum Gasteiger partial charge on any atom is 0.451 e. The first-order valence-corrected chi connectivity index (χ1v) is 8.52. The number of carboxylic acids is 1. The van der Waals surface area contributed by atoms with E-state index >= 15 is 0 Å². The van der Waals surface area contributed by atoms with Crippen molar-refractivity contribution in [3.63, 3.8) is 0 Å². The van der Waals surface area contributed by atoms with Gasteiger partial charge in [0, 0.05) is 0 Å². The van der Waals surface area contributed by atoms with E-state index in [1.54, 1.807) is 0 Å². The molecule has 1 aliphatic heterocycles. The smallest absolute Gasteiger partial charge is 0.451 e. The molecule has 0 aromatic rings. The van der Waals surface area contributed by atoms with Crippen molar-refractivity contribution in [2.45, 2.75) is 56.8 Å². The van der Waals surface area contributed by atoms with Gasteiger partial charge in [-0.1, -0.05) is 12.8 Å². The van der Waals surface area contributed by atoms with E-state index < -0.39 is 18.6 Å². The Morgan fingerprint density at radius 1 is 1.17 bits per heavy atom. The zero-order valence-corrected chi connectivity index (χ0v) is 15.7. The van der Waals surface area contributed by atoms with Gasteiger partial charge in [0.15, 0.2) is 0 Å².